The lowest BCUT2D eigenvalue weighted by Gasteiger charge is -2.19. The second-order valence-corrected chi connectivity index (χ2v) is 29.7. The number of fused-ring (bicyclic) bond motifs is 12. The molecule has 8 nitrogen and oxygen atoms in total. The summed E-state index contributed by atoms with van der Waals surface area (Å²) in [7, 11) is 0. The van der Waals surface area contributed by atoms with Crippen LogP contribution in [0, 0.1) is 45.3 Å². The topological polar surface area (TPSA) is 148 Å². The van der Waals surface area contributed by atoms with E-state index < -0.39 is 0 Å². The molecule has 0 N–H and O–H groups in total. The van der Waals surface area contributed by atoms with E-state index in [-0.39, 0.29) is 21.7 Å². The Bertz CT molecular complexity index is 5810. The van der Waals surface area contributed by atoms with Crippen LogP contribution in [0.4, 0.5) is 0 Å². The molecule has 0 aliphatic rings. The molecule has 0 aliphatic heterocycles. The zero-order valence-electron chi connectivity index (χ0n) is 58.5. The van der Waals surface area contributed by atoms with Crippen molar-refractivity contribution in [3.8, 4) is 68.8 Å². The van der Waals surface area contributed by atoms with Gasteiger partial charge < -0.3 is 17.7 Å². The first-order valence-corrected chi connectivity index (χ1v) is 33.8. The second-order valence-electron chi connectivity index (χ2n) is 29.7. The summed E-state index contributed by atoms with van der Waals surface area (Å²) >= 11 is 0. The molecule has 0 saturated carbocycles. The first-order chi connectivity index (χ1) is 47.9. The molecule has 0 spiro atoms. The molecule has 0 radical (unpaired) electrons. The molecule has 0 bridgehead atoms. The van der Waals surface area contributed by atoms with Crippen molar-refractivity contribution in [2.45, 2.75) is 105 Å². The Morgan fingerprint density at radius 2 is 0.570 bits per heavy atom. The van der Waals surface area contributed by atoms with Crippen LogP contribution in [0.15, 0.2) is 260 Å². The molecule has 12 aromatic carbocycles. The minimum atomic E-state index is 0.0159. The van der Waals surface area contributed by atoms with Crippen LogP contribution in [0.25, 0.3) is 132 Å². The molecule has 0 fully saturated rings. The van der Waals surface area contributed by atoms with E-state index in [2.05, 4.69) is 247 Å². The summed E-state index contributed by atoms with van der Waals surface area (Å²) in [6, 6.07) is 89.8. The molecular weight excluding hydrogens is 1230 g/mol. The lowest BCUT2D eigenvalue weighted by Crippen LogP contribution is -2.11. The molecule has 16 aromatic rings. The van der Waals surface area contributed by atoms with Crippen LogP contribution in [-0.2, 0) is 21.7 Å². The minimum Gasteiger partial charge on any atom is -0.455 e. The Hall–Kier alpha value is -12.2. The maximum atomic E-state index is 9.00. The van der Waals surface area contributed by atoms with Crippen LogP contribution >= 0.6 is 0 Å². The van der Waals surface area contributed by atoms with Crippen LogP contribution in [0.5, 0.6) is 0 Å². The van der Waals surface area contributed by atoms with E-state index in [4.69, 9.17) is 38.7 Å². The van der Waals surface area contributed by atoms with Crippen molar-refractivity contribution in [3.05, 3.63) is 287 Å². The number of para-hydroxylation sites is 5. The van der Waals surface area contributed by atoms with Gasteiger partial charge in [-0.3, -0.25) is 0 Å². The number of benzene rings is 12. The maximum Gasteiger partial charge on any atom is 0.143 e. The Morgan fingerprint density at radius 1 is 0.240 bits per heavy atom. The third-order valence-electron chi connectivity index (χ3n) is 18.7. The molecule has 4 aromatic heterocycles. The van der Waals surface area contributed by atoms with E-state index in [0.29, 0.717) is 22.3 Å². The van der Waals surface area contributed by atoms with Gasteiger partial charge in [0.2, 0.25) is 0 Å². The molecule has 0 amide bonds. The fourth-order valence-corrected chi connectivity index (χ4v) is 13.2. The summed E-state index contributed by atoms with van der Waals surface area (Å²) < 4.78 is 25.1. The van der Waals surface area contributed by atoms with Crippen LogP contribution < -0.4 is 0 Å². The SMILES string of the molecule is CC(C)(C)c1ccc2c(c1)oc1c(-c3ccc(C#N)cc3)cccc12.CC(C)(C)c1ccc2oc3c(-c4ccc(C#N)cc4)cccc3c2c1.CC(C)(C)c1cccc2c1oc1c(-c3ccc(C#N)cc3)cccc12.CC(C)(C)c1cccc2oc3c(-c4ccc(C#N)cc4)cccc3c12. The minimum absolute atomic E-state index is 0.0159. The largest absolute Gasteiger partial charge is 0.455 e. The molecule has 16 rings (SSSR count). The lowest BCUT2D eigenvalue weighted by molar-refractivity contribution is 0.573. The first-order valence-electron chi connectivity index (χ1n) is 33.8. The summed E-state index contributed by atoms with van der Waals surface area (Å²) in [6.45, 7) is 26.6. The van der Waals surface area contributed by atoms with Gasteiger partial charge in [-0.25, -0.2) is 0 Å². The Morgan fingerprint density at radius 3 is 1.00 bits per heavy atom. The van der Waals surface area contributed by atoms with Crippen molar-refractivity contribution < 1.29 is 17.7 Å². The monoisotopic (exact) mass is 1300 g/mol. The van der Waals surface area contributed by atoms with Gasteiger partial charge in [0.1, 0.15) is 44.7 Å². The van der Waals surface area contributed by atoms with Crippen molar-refractivity contribution in [3.63, 3.8) is 0 Å². The summed E-state index contributed by atoms with van der Waals surface area (Å²) in [5.74, 6) is 0. The average Bonchev–Trinajstić information content (AvgIpc) is 1.63. The van der Waals surface area contributed by atoms with Crippen molar-refractivity contribution >= 4 is 87.8 Å². The zero-order valence-corrected chi connectivity index (χ0v) is 58.5. The number of nitrogens with zero attached hydrogens (tertiary/aromatic N) is 4. The molecule has 488 valence electrons. The van der Waals surface area contributed by atoms with Crippen molar-refractivity contribution in [1.29, 1.82) is 21.0 Å². The van der Waals surface area contributed by atoms with Crippen LogP contribution in [0.2, 0.25) is 0 Å². The van der Waals surface area contributed by atoms with Gasteiger partial charge in [-0.1, -0.05) is 253 Å². The van der Waals surface area contributed by atoms with Gasteiger partial charge in [0.15, 0.2) is 0 Å². The summed E-state index contributed by atoms with van der Waals surface area (Å²) in [6.07, 6.45) is 0. The predicted molar refractivity (Wildman–Crippen MR) is 410 cm³/mol. The smallest absolute Gasteiger partial charge is 0.143 e. The van der Waals surface area contributed by atoms with E-state index in [9.17, 15) is 0 Å². The Kier molecular flexibility index (Phi) is 17.5. The van der Waals surface area contributed by atoms with Crippen molar-refractivity contribution in [2.75, 3.05) is 0 Å². The van der Waals surface area contributed by atoms with Gasteiger partial charge in [0, 0.05) is 70.9 Å². The quantitative estimate of drug-likeness (QED) is 0.169. The van der Waals surface area contributed by atoms with Crippen LogP contribution in [0.3, 0.4) is 0 Å². The summed E-state index contributed by atoms with van der Waals surface area (Å²) in [5.41, 5.74) is 23.7. The van der Waals surface area contributed by atoms with Gasteiger partial charge >= 0.3 is 0 Å². The van der Waals surface area contributed by atoms with Gasteiger partial charge in [-0.15, -0.1) is 0 Å². The van der Waals surface area contributed by atoms with Crippen LogP contribution in [-0.4, -0.2) is 0 Å². The van der Waals surface area contributed by atoms with Gasteiger partial charge in [0.05, 0.1) is 46.5 Å². The highest BCUT2D eigenvalue weighted by atomic mass is 16.3. The second kappa shape index (κ2) is 26.3. The Labute approximate surface area is 583 Å². The van der Waals surface area contributed by atoms with Gasteiger partial charge in [0.25, 0.3) is 0 Å². The van der Waals surface area contributed by atoms with Gasteiger partial charge in [-0.2, -0.15) is 21.0 Å². The maximum absolute atomic E-state index is 9.00. The van der Waals surface area contributed by atoms with E-state index in [1.807, 2.05) is 103 Å². The predicted octanol–water partition coefficient (Wildman–Crippen LogP) is 25.7. The molecule has 8 heteroatoms. The fourth-order valence-electron chi connectivity index (χ4n) is 13.2. The highest BCUT2D eigenvalue weighted by Gasteiger charge is 2.25. The lowest BCUT2D eigenvalue weighted by atomic mass is 9.84. The Balaban J connectivity index is 0.000000119. The fraction of sp³-hybridized carbons (Fsp3) is 0.174. The third kappa shape index (κ3) is 13.0. The number of rotatable bonds is 4. The number of furan rings is 4. The number of hydrogen-bond donors (Lipinski definition) is 0. The normalized spacial score (nSPS) is 11.8. The highest BCUT2D eigenvalue weighted by molar-refractivity contribution is 6.14. The zero-order chi connectivity index (χ0) is 70.4. The highest BCUT2D eigenvalue weighted by Crippen LogP contribution is 2.44. The third-order valence-corrected chi connectivity index (χ3v) is 18.7. The number of nitriles is 4. The standard InChI is InChI=1S/4C23H19NO/c1-23(2,3)19-8-5-9-20-21(19)18-7-4-6-17(22(18)25-20)16-12-10-15(14-24)11-13-16;1-23(2,3)20-9-5-8-19-18-7-4-6-17(21(18)25-22(19)20)16-12-10-15(14-24)11-13-16;1-23(2,3)17-11-12-19-20-6-4-5-18(22(20)25-21(19)13-17)16-9-7-15(14-24)8-10-16;1-23(2,3)17-11-12-21-20(13-17)19-6-4-5-18(22(19)25-21)16-9-7-15(14-24)8-10-16/h4*4-13H,1-3H3. The van der Waals surface area contributed by atoms with E-state index in [1.165, 1.54) is 27.6 Å². The molecule has 4 heterocycles. The first kappa shape index (κ1) is 66.4. The molecule has 0 unspecified atom stereocenters. The van der Waals surface area contributed by atoms with E-state index in [1.54, 1.807) is 0 Å². The molecular formula is C92H76N4O4. The van der Waals surface area contributed by atoms with E-state index >= 15 is 0 Å². The summed E-state index contributed by atoms with van der Waals surface area (Å²) in [5, 5.41) is 45.1. The molecule has 0 aliphatic carbocycles. The number of hydrogen-bond acceptors (Lipinski definition) is 8. The average molecular weight is 1300 g/mol. The van der Waals surface area contributed by atoms with Crippen molar-refractivity contribution in [2.24, 2.45) is 0 Å². The summed E-state index contributed by atoms with van der Waals surface area (Å²) in [4.78, 5) is 0. The van der Waals surface area contributed by atoms with E-state index in [0.717, 1.165) is 127 Å². The molecule has 0 saturated heterocycles. The van der Waals surface area contributed by atoms with Gasteiger partial charge in [-0.05, 0) is 133 Å². The van der Waals surface area contributed by atoms with Crippen LogP contribution in [0.1, 0.15) is 128 Å². The van der Waals surface area contributed by atoms with Crippen molar-refractivity contribution in [1.82, 2.24) is 0 Å². The molecule has 100 heavy (non-hydrogen) atoms. The molecule has 0 atom stereocenters.